The topological polar surface area (TPSA) is 88.7 Å². The number of carbonyl (C=O) groups excluding carboxylic acids is 1. The number of guanidine groups is 1. The van der Waals surface area contributed by atoms with E-state index in [1.807, 2.05) is 43.3 Å². The average Bonchev–Trinajstić information content (AvgIpc) is 2.62. The molecule has 0 aliphatic carbocycles. The van der Waals surface area contributed by atoms with Crippen LogP contribution in [0.4, 0.5) is 10.5 Å². The predicted octanol–water partition coefficient (Wildman–Crippen LogP) is 3.45. The fraction of sp³-hybridized carbons (Fsp3) is 0.263. The maximum Gasteiger partial charge on any atom is 0.326 e. The molecule has 0 bridgehead atoms. The van der Waals surface area contributed by atoms with Gasteiger partial charge in [0.15, 0.2) is 5.96 Å². The fourth-order valence-corrected chi connectivity index (χ4v) is 2.82. The number of anilines is 1. The molecule has 2 aromatic rings. The van der Waals surface area contributed by atoms with Gasteiger partial charge in [0.1, 0.15) is 0 Å². The van der Waals surface area contributed by atoms with Crippen LogP contribution >= 0.6 is 15.9 Å². The first-order chi connectivity index (χ1) is 12.6. The van der Waals surface area contributed by atoms with Crippen molar-refractivity contribution in [2.45, 2.75) is 13.3 Å². The van der Waals surface area contributed by atoms with Gasteiger partial charge < -0.3 is 15.8 Å². The molecule has 0 atom stereocenters. The van der Waals surface area contributed by atoms with E-state index in [4.69, 9.17) is 10.5 Å². The molecule has 0 radical (unpaired) electrons. The van der Waals surface area contributed by atoms with Gasteiger partial charge in [-0.05, 0) is 46.5 Å². The van der Waals surface area contributed by atoms with Crippen molar-refractivity contribution in [2.75, 3.05) is 25.1 Å². The Labute approximate surface area is 162 Å². The average molecular weight is 419 g/mol. The van der Waals surface area contributed by atoms with Crippen LogP contribution in [0.5, 0.6) is 0 Å². The van der Waals surface area contributed by atoms with Crippen LogP contribution in [0.15, 0.2) is 58.0 Å². The van der Waals surface area contributed by atoms with Crippen LogP contribution < -0.4 is 16.4 Å². The Bertz CT molecular complexity index is 730. The number of halogens is 1. The molecular weight excluding hydrogens is 396 g/mol. The third-order valence-corrected chi connectivity index (χ3v) is 4.26. The van der Waals surface area contributed by atoms with Gasteiger partial charge in [-0.15, -0.1) is 0 Å². The number of amides is 2. The number of nitrogens with one attached hydrogen (secondary N) is 2. The smallest absolute Gasteiger partial charge is 0.326 e. The van der Waals surface area contributed by atoms with Crippen LogP contribution in [0.1, 0.15) is 11.1 Å². The Kier molecular flexibility index (Phi) is 8.11. The summed E-state index contributed by atoms with van der Waals surface area (Å²) in [7, 11) is 0. The van der Waals surface area contributed by atoms with Crippen molar-refractivity contribution >= 4 is 33.6 Å². The lowest BCUT2D eigenvalue weighted by atomic mass is 10.2. The van der Waals surface area contributed by atoms with E-state index in [1.54, 1.807) is 0 Å². The van der Waals surface area contributed by atoms with Crippen molar-refractivity contribution in [3.8, 4) is 0 Å². The lowest BCUT2D eigenvalue weighted by Gasteiger charge is -2.11. The summed E-state index contributed by atoms with van der Waals surface area (Å²) in [4.78, 5) is 16.1. The number of benzene rings is 2. The van der Waals surface area contributed by atoms with Gasteiger partial charge in [0.2, 0.25) is 0 Å². The van der Waals surface area contributed by atoms with Gasteiger partial charge in [-0.25, -0.2) is 4.79 Å². The normalized spacial score (nSPS) is 11.2. The van der Waals surface area contributed by atoms with Gasteiger partial charge in [-0.1, -0.05) is 42.5 Å². The summed E-state index contributed by atoms with van der Waals surface area (Å²) in [5.74, 6) is 0.0545. The summed E-state index contributed by atoms with van der Waals surface area (Å²) < 4.78 is 6.32. The Morgan fingerprint density at radius 1 is 1.15 bits per heavy atom. The highest BCUT2D eigenvalue weighted by Crippen LogP contribution is 2.25. The number of rotatable bonds is 7. The van der Waals surface area contributed by atoms with Crippen LogP contribution in [0.2, 0.25) is 0 Å². The third-order valence-electron chi connectivity index (χ3n) is 3.60. The maximum absolute atomic E-state index is 12.0. The molecule has 0 heterocycles. The lowest BCUT2D eigenvalue weighted by Crippen LogP contribution is -2.40. The number of ether oxygens (including phenoxy) is 1. The minimum atomic E-state index is -0.439. The highest BCUT2D eigenvalue weighted by Gasteiger charge is 2.08. The van der Waals surface area contributed by atoms with Crippen molar-refractivity contribution < 1.29 is 9.53 Å². The molecule has 2 rings (SSSR count). The Hall–Kier alpha value is -2.38. The number of aliphatic imine (C=N–C) groups is 1. The SMILES string of the molecule is Cc1cccc(Br)c1NC(=O)NC(N)=NCCOCCc1ccccc1. The van der Waals surface area contributed by atoms with E-state index < -0.39 is 6.03 Å². The van der Waals surface area contributed by atoms with E-state index in [2.05, 4.69) is 43.7 Å². The molecule has 0 saturated carbocycles. The number of nitrogens with zero attached hydrogens (tertiary/aromatic N) is 1. The molecule has 0 aromatic heterocycles. The van der Waals surface area contributed by atoms with E-state index in [0.29, 0.717) is 25.4 Å². The number of nitrogens with two attached hydrogens (primary N) is 1. The summed E-state index contributed by atoms with van der Waals surface area (Å²) in [6.07, 6.45) is 0.853. The molecule has 6 nitrogen and oxygen atoms in total. The number of para-hydroxylation sites is 1. The Morgan fingerprint density at radius 2 is 1.92 bits per heavy atom. The highest BCUT2D eigenvalue weighted by atomic mass is 79.9. The van der Waals surface area contributed by atoms with Crippen LogP contribution in [-0.4, -0.2) is 31.7 Å². The number of urea groups is 1. The Morgan fingerprint density at radius 3 is 2.65 bits per heavy atom. The molecule has 0 aliphatic rings. The molecule has 7 heteroatoms. The second-order valence-electron chi connectivity index (χ2n) is 5.63. The van der Waals surface area contributed by atoms with E-state index in [9.17, 15) is 4.79 Å². The van der Waals surface area contributed by atoms with E-state index in [-0.39, 0.29) is 5.96 Å². The lowest BCUT2D eigenvalue weighted by molar-refractivity contribution is 0.145. The molecule has 0 fully saturated rings. The zero-order valence-electron chi connectivity index (χ0n) is 14.7. The highest BCUT2D eigenvalue weighted by molar-refractivity contribution is 9.10. The van der Waals surface area contributed by atoms with Gasteiger partial charge in [0.25, 0.3) is 0 Å². The zero-order chi connectivity index (χ0) is 18.8. The quantitative estimate of drug-likeness (QED) is 0.365. The second-order valence-corrected chi connectivity index (χ2v) is 6.48. The first-order valence-electron chi connectivity index (χ1n) is 8.31. The minimum Gasteiger partial charge on any atom is -0.379 e. The second kappa shape index (κ2) is 10.6. The van der Waals surface area contributed by atoms with Crippen LogP contribution in [0.25, 0.3) is 0 Å². The molecule has 2 amide bonds. The molecule has 0 spiro atoms. The van der Waals surface area contributed by atoms with Crippen LogP contribution in [0.3, 0.4) is 0 Å². The van der Waals surface area contributed by atoms with Gasteiger partial charge in [0.05, 0.1) is 25.4 Å². The standard InChI is InChI=1S/C19H23BrN4O2/c1-14-6-5-9-16(20)17(14)23-19(25)24-18(21)22-11-13-26-12-10-15-7-3-2-4-8-15/h2-9H,10-13H2,1H3,(H4,21,22,23,24,25). The third kappa shape index (κ3) is 6.85. The summed E-state index contributed by atoms with van der Waals surface area (Å²) in [5.41, 5.74) is 8.59. The first-order valence-corrected chi connectivity index (χ1v) is 9.10. The molecule has 0 saturated heterocycles. The minimum absolute atomic E-state index is 0.0545. The largest absolute Gasteiger partial charge is 0.379 e. The zero-order valence-corrected chi connectivity index (χ0v) is 16.3. The van der Waals surface area contributed by atoms with Crippen molar-refractivity contribution in [3.63, 3.8) is 0 Å². The summed E-state index contributed by atoms with van der Waals surface area (Å²) >= 11 is 3.40. The summed E-state index contributed by atoms with van der Waals surface area (Å²) in [6, 6.07) is 15.4. The molecule has 0 aliphatic heterocycles. The number of aryl methyl sites for hydroxylation is 1. The van der Waals surface area contributed by atoms with Crippen molar-refractivity contribution in [2.24, 2.45) is 10.7 Å². The van der Waals surface area contributed by atoms with E-state index >= 15 is 0 Å². The fourth-order valence-electron chi connectivity index (χ4n) is 2.26. The van der Waals surface area contributed by atoms with E-state index in [0.717, 1.165) is 16.5 Å². The van der Waals surface area contributed by atoms with Gasteiger partial charge in [-0.2, -0.15) is 0 Å². The van der Waals surface area contributed by atoms with Crippen LogP contribution in [-0.2, 0) is 11.2 Å². The molecule has 0 unspecified atom stereocenters. The van der Waals surface area contributed by atoms with Crippen molar-refractivity contribution in [3.05, 3.63) is 64.1 Å². The molecule has 2 aromatic carbocycles. The molecule has 26 heavy (non-hydrogen) atoms. The predicted molar refractivity (Wildman–Crippen MR) is 108 cm³/mol. The van der Waals surface area contributed by atoms with Crippen molar-refractivity contribution in [1.29, 1.82) is 0 Å². The van der Waals surface area contributed by atoms with Crippen molar-refractivity contribution in [1.82, 2.24) is 5.32 Å². The maximum atomic E-state index is 12.0. The van der Waals surface area contributed by atoms with Gasteiger partial charge in [-0.3, -0.25) is 10.3 Å². The molecular formula is C19H23BrN4O2. The monoisotopic (exact) mass is 418 g/mol. The number of hydrogen-bond donors (Lipinski definition) is 3. The Balaban J connectivity index is 1.67. The molecule has 138 valence electrons. The van der Waals surface area contributed by atoms with E-state index in [1.165, 1.54) is 5.56 Å². The number of hydrogen-bond acceptors (Lipinski definition) is 3. The van der Waals surface area contributed by atoms with Crippen LogP contribution in [0, 0.1) is 6.92 Å². The number of carbonyl (C=O) groups is 1. The first kappa shape index (κ1) is 19.9. The van der Waals surface area contributed by atoms with Gasteiger partial charge in [0, 0.05) is 4.47 Å². The summed E-state index contributed by atoms with van der Waals surface area (Å²) in [5, 5.41) is 5.25. The summed E-state index contributed by atoms with van der Waals surface area (Å²) in [6.45, 7) is 3.36. The van der Waals surface area contributed by atoms with Gasteiger partial charge >= 0.3 is 6.03 Å². The molecule has 4 N–H and O–H groups in total.